The van der Waals surface area contributed by atoms with Crippen LogP contribution in [0.25, 0.3) is 0 Å². The topological polar surface area (TPSA) is 0 Å². The van der Waals surface area contributed by atoms with Crippen molar-refractivity contribution in [1.82, 2.24) is 0 Å². The Morgan fingerprint density at radius 1 is 1.38 bits per heavy atom. The Bertz CT molecular complexity index is 153. The third-order valence-electron chi connectivity index (χ3n) is 4.25. The van der Waals surface area contributed by atoms with Crippen molar-refractivity contribution in [2.24, 2.45) is 23.2 Å². The molecule has 0 aromatic heterocycles. The fourth-order valence-electron chi connectivity index (χ4n) is 3.58. The van der Waals surface area contributed by atoms with E-state index in [-0.39, 0.29) is 0 Å². The van der Waals surface area contributed by atoms with E-state index in [0.29, 0.717) is 5.41 Å². The highest BCUT2D eigenvalue weighted by molar-refractivity contribution is 4.88. The van der Waals surface area contributed by atoms with Gasteiger partial charge < -0.3 is 0 Å². The van der Waals surface area contributed by atoms with Crippen molar-refractivity contribution in [2.45, 2.75) is 60.3 Å². The van der Waals surface area contributed by atoms with Crippen molar-refractivity contribution in [3.63, 3.8) is 0 Å². The molecule has 1 fully saturated rings. The minimum Gasteiger partial charge on any atom is -0.0651 e. The molecule has 0 aromatic rings. The van der Waals surface area contributed by atoms with Crippen LogP contribution in [0.1, 0.15) is 60.3 Å². The molecule has 2 unspecified atom stereocenters. The molecule has 0 N–H and O–H groups in total. The molecule has 13 heavy (non-hydrogen) atoms. The first kappa shape index (κ1) is 11.1. The van der Waals surface area contributed by atoms with Crippen molar-refractivity contribution in [2.75, 3.05) is 0 Å². The van der Waals surface area contributed by atoms with Crippen LogP contribution < -0.4 is 0 Å². The van der Waals surface area contributed by atoms with Gasteiger partial charge in [-0.2, -0.15) is 0 Å². The molecule has 78 valence electrons. The molecule has 0 heterocycles. The highest BCUT2D eigenvalue weighted by Gasteiger charge is 2.38. The Morgan fingerprint density at radius 2 is 2.00 bits per heavy atom. The van der Waals surface area contributed by atoms with Gasteiger partial charge in [-0.05, 0) is 29.6 Å². The predicted molar refractivity (Wildman–Crippen MR) is 59.7 cm³/mol. The van der Waals surface area contributed by atoms with Crippen LogP contribution in [0.15, 0.2) is 0 Å². The second kappa shape index (κ2) is 4.02. The molecule has 0 saturated heterocycles. The zero-order valence-corrected chi connectivity index (χ0v) is 10.1. The van der Waals surface area contributed by atoms with Crippen molar-refractivity contribution >= 4 is 0 Å². The van der Waals surface area contributed by atoms with E-state index in [1.165, 1.54) is 25.7 Å². The van der Waals surface area contributed by atoms with E-state index in [0.717, 1.165) is 17.8 Å². The predicted octanol–water partition coefficient (Wildman–Crippen LogP) is 4.49. The van der Waals surface area contributed by atoms with E-state index in [1.807, 2.05) is 0 Å². The summed E-state index contributed by atoms with van der Waals surface area (Å²) in [5.41, 5.74) is 0.590. The first-order valence-electron chi connectivity index (χ1n) is 5.99. The normalized spacial score (nSPS) is 35.8. The molecule has 1 aliphatic carbocycles. The Hall–Kier alpha value is 0. The van der Waals surface area contributed by atoms with Gasteiger partial charge in [0.2, 0.25) is 0 Å². The van der Waals surface area contributed by atoms with Gasteiger partial charge >= 0.3 is 0 Å². The molecule has 1 rings (SSSR count). The van der Waals surface area contributed by atoms with E-state index in [1.54, 1.807) is 0 Å². The van der Waals surface area contributed by atoms with Gasteiger partial charge in [0.15, 0.2) is 0 Å². The van der Waals surface area contributed by atoms with Crippen LogP contribution in [0.5, 0.6) is 0 Å². The molecule has 0 spiro atoms. The summed E-state index contributed by atoms with van der Waals surface area (Å²) >= 11 is 0. The lowest BCUT2D eigenvalue weighted by atomic mass is 9.59. The van der Waals surface area contributed by atoms with E-state index >= 15 is 0 Å². The van der Waals surface area contributed by atoms with Crippen LogP contribution in [-0.2, 0) is 0 Å². The Labute approximate surface area is 84.1 Å². The maximum absolute atomic E-state index is 2.47. The quantitative estimate of drug-likeness (QED) is 0.590. The van der Waals surface area contributed by atoms with E-state index in [2.05, 4.69) is 34.6 Å². The lowest BCUT2D eigenvalue weighted by Gasteiger charge is -2.46. The van der Waals surface area contributed by atoms with Gasteiger partial charge in [0.05, 0.1) is 0 Å². The molecular formula is C13H26. The summed E-state index contributed by atoms with van der Waals surface area (Å²) in [7, 11) is 0. The zero-order valence-electron chi connectivity index (χ0n) is 10.1. The zero-order chi connectivity index (χ0) is 10.1. The second-order valence-electron chi connectivity index (χ2n) is 5.77. The highest BCUT2D eigenvalue weighted by atomic mass is 14.4. The average Bonchev–Trinajstić information content (AvgIpc) is 2.02. The Balaban J connectivity index is 2.74. The smallest absolute Gasteiger partial charge is 0.0311 e. The van der Waals surface area contributed by atoms with Crippen LogP contribution in [0, 0.1) is 23.2 Å². The van der Waals surface area contributed by atoms with Crippen LogP contribution >= 0.6 is 0 Å². The van der Waals surface area contributed by atoms with Gasteiger partial charge in [-0.1, -0.05) is 53.9 Å². The molecule has 1 aliphatic rings. The van der Waals surface area contributed by atoms with Gasteiger partial charge in [0.25, 0.3) is 0 Å². The van der Waals surface area contributed by atoms with Crippen LogP contribution in [0.4, 0.5) is 0 Å². The summed E-state index contributed by atoms with van der Waals surface area (Å²) in [5, 5.41) is 0. The molecule has 1 saturated carbocycles. The van der Waals surface area contributed by atoms with Gasteiger partial charge in [-0.25, -0.2) is 0 Å². The maximum atomic E-state index is 2.47. The van der Waals surface area contributed by atoms with E-state index in [9.17, 15) is 0 Å². The lowest BCUT2D eigenvalue weighted by Crippen LogP contribution is -2.37. The highest BCUT2D eigenvalue weighted by Crippen LogP contribution is 2.48. The minimum absolute atomic E-state index is 0.590. The molecule has 0 heteroatoms. The van der Waals surface area contributed by atoms with Crippen molar-refractivity contribution < 1.29 is 0 Å². The Morgan fingerprint density at radius 3 is 2.46 bits per heavy atom. The van der Waals surface area contributed by atoms with Gasteiger partial charge in [-0.15, -0.1) is 0 Å². The summed E-state index contributed by atoms with van der Waals surface area (Å²) in [4.78, 5) is 0. The van der Waals surface area contributed by atoms with Crippen molar-refractivity contribution in [3.05, 3.63) is 0 Å². The molecule has 0 amide bonds. The molecule has 0 nitrogen and oxygen atoms in total. The number of hydrogen-bond donors (Lipinski definition) is 0. The van der Waals surface area contributed by atoms with Gasteiger partial charge in [0.1, 0.15) is 0 Å². The average molecular weight is 182 g/mol. The Kier molecular flexibility index (Phi) is 3.43. The first-order valence-corrected chi connectivity index (χ1v) is 5.99. The lowest BCUT2D eigenvalue weighted by molar-refractivity contribution is 0.0381. The molecule has 0 aromatic carbocycles. The summed E-state index contributed by atoms with van der Waals surface area (Å²) in [6.45, 7) is 12.2. The summed E-state index contributed by atoms with van der Waals surface area (Å²) in [6.07, 6.45) is 5.68. The van der Waals surface area contributed by atoms with Crippen LogP contribution in [0.3, 0.4) is 0 Å². The molecular weight excluding hydrogens is 156 g/mol. The third kappa shape index (κ3) is 2.27. The maximum Gasteiger partial charge on any atom is -0.0311 e. The summed E-state index contributed by atoms with van der Waals surface area (Å²) < 4.78 is 0. The van der Waals surface area contributed by atoms with E-state index < -0.39 is 0 Å². The SMILES string of the molecule is CC[C@H](C)C1C(C)CCCC1(C)C. The minimum atomic E-state index is 0.590. The molecule has 0 radical (unpaired) electrons. The first-order chi connectivity index (χ1) is 5.99. The molecule has 0 aliphatic heterocycles. The largest absolute Gasteiger partial charge is 0.0651 e. The monoisotopic (exact) mass is 182 g/mol. The fraction of sp³-hybridized carbons (Fsp3) is 1.00. The van der Waals surface area contributed by atoms with Crippen LogP contribution in [0.2, 0.25) is 0 Å². The van der Waals surface area contributed by atoms with Gasteiger partial charge in [-0.3, -0.25) is 0 Å². The summed E-state index contributed by atoms with van der Waals surface area (Å²) in [6, 6.07) is 0. The third-order valence-corrected chi connectivity index (χ3v) is 4.25. The van der Waals surface area contributed by atoms with Crippen LogP contribution in [-0.4, -0.2) is 0 Å². The summed E-state index contributed by atoms with van der Waals surface area (Å²) in [5.74, 6) is 2.80. The number of hydrogen-bond acceptors (Lipinski definition) is 0. The van der Waals surface area contributed by atoms with Crippen molar-refractivity contribution in [1.29, 1.82) is 0 Å². The van der Waals surface area contributed by atoms with Crippen molar-refractivity contribution in [3.8, 4) is 0 Å². The fourth-order valence-corrected chi connectivity index (χ4v) is 3.58. The number of rotatable bonds is 2. The second-order valence-corrected chi connectivity index (χ2v) is 5.77. The van der Waals surface area contributed by atoms with E-state index in [4.69, 9.17) is 0 Å². The molecule has 0 bridgehead atoms. The van der Waals surface area contributed by atoms with Gasteiger partial charge in [0, 0.05) is 0 Å². The molecule has 3 atom stereocenters. The standard InChI is InChI=1S/C13H26/c1-6-10(2)12-11(3)8-7-9-13(12,4)5/h10-12H,6-9H2,1-5H3/t10-,11?,12?/m0/s1.